The number of para-hydroxylation sites is 2. The molecule has 3 rings (SSSR count). The molecule has 138 valence electrons. The van der Waals surface area contributed by atoms with Crippen LogP contribution in [0.25, 0.3) is 11.3 Å². The minimum atomic E-state index is -0.0988. The smallest absolute Gasteiger partial charge is 0.251 e. The molecular formula is C21H21N3O3. The highest BCUT2D eigenvalue weighted by atomic mass is 16.5. The van der Waals surface area contributed by atoms with Crippen LogP contribution >= 0.6 is 0 Å². The minimum Gasteiger partial charge on any atom is -0.493 e. The molecule has 3 aromatic rings. The van der Waals surface area contributed by atoms with Crippen molar-refractivity contribution in [1.82, 2.24) is 15.3 Å². The van der Waals surface area contributed by atoms with Crippen LogP contribution in [0.3, 0.4) is 0 Å². The summed E-state index contributed by atoms with van der Waals surface area (Å²) in [5, 5.41) is 2.87. The maximum absolute atomic E-state index is 12.2. The molecule has 0 spiro atoms. The van der Waals surface area contributed by atoms with Crippen molar-refractivity contribution in [3.05, 3.63) is 66.5 Å². The Bertz CT molecular complexity index is 928. The van der Waals surface area contributed by atoms with E-state index in [4.69, 9.17) is 9.47 Å². The molecule has 0 aliphatic rings. The van der Waals surface area contributed by atoms with Crippen LogP contribution in [-0.4, -0.2) is 29.5 Å². The van der Waals surface area contributed by atoms with Gasteiger partial charge >= 0.3 is 0 Å². The first kappa shape index (κ1) is 18.4. The van der Waals surface area contributed by atoms with Crippen LogP contribution < -0.4 is 14.8 Å². The molecule has 0 aliphatic carbocycles. The van der Waals surface area contributed by atoms with Gasteiger partial charge < -0.3 is 14.8 Å². The number of ether oxygens (including phenoxy) is 2. The summed E-state index contributed by atoms with van der Waals surface area (Å²) < 4.78 is 11.1. The second kappa shape index (κ2) is 8.80. The molecule has 27 heavy (non-hydrogen) atoms. The normalized spacial score (nSPS) is 10.3. The molecule has 0 saturated carbocycles. The topological polar surface area (TPSA) is 73.3 Å². The summed E-state index contributed by atoms with van der Waals surface area (Å²) in [7, 11) is 1.59. The fraction of sp³-hybridized carbons (Fsp3) is 0.190. The fourth-order valence-corrected chi connectivity index (χ4v) is 2.53. The number of nitrogens with one attached hydrogen (secondary N) is 1. The van der Waals surface area contributed by atoms with Crippen molar-refractivity contribution in [1.29, 1.82) is 0 Å². The van der Waals surface area contributed by atoms with Gasteiger partial charge in [-0.2, -0.15) is 0 Å². The van der Waals surface area contributed by atoms with E-state index in [2.05, 4.69) is 15.3 Å². The van der Waals surface area contributed by atoms with E-state index < -0.39 is 0 Å². The van der Waals surface area contributed by atoms with Gasteiger partial charge in [-0.1, -0.05) is 31.2 Å². The Hall–Kier alpha value is -3.41. The zero-order chi connectivity index (χ0) is 19.1. The Balaban J connectivity index is 1.84. The molecule has 1 amide bonds. The number of amides is 1. The minimum absolute atomic E-state index is 0.0988. The zero-order valence-corrected chi connectivity index (χ0v) is 15.3. The molecule has 0 saturated heterocycles. The number of hydrogen-bond acceptors (Lipinski definition) is 5. The summed E-state index contributed by atoms with van der Waals surface area (Å²) in [4.78, 5) is 20.7. The van der Waals surface area contributed by atoms with Gasteiger partial charge in [0.25, 0.3) is 5.91 Å². The summed E-state index contributed by atoms with van der Waals surface area (Å²) in [6.07, 6.45) is 2.32. The molecule has 0 fully saturated rings. The van der Waals surface area contributed by atoms with Gasteiger partial charge in [-0.25, -0.2) is 9.97 Å². The standard InChI is InChI=1S/C21H21N3O3/c1-3-11-22-21(25)16-8-6-7-15(12-16)17-13-20(24-14-23-17)27-19-10-5-4-9-18(19)26-2/h4-10,12-14H,3,11H2,1-2H3,(H,22,25). The molecule has 0 aliphatic heterocycles. The van der Waals surface area contributed by atoms with Crippen molar-refractivity contribution in [3.63, 3.8) is 0 Å². The fourth-order valence-electron chi connectivity index (χ4n) is 2.53. The van der Waals surface area contributed by atoms with Crippen molar-refractivity contribution in [3.8, 4) is 28.6 Å². The van der Waals surface area contributed by atoms with Crippen molar-refractivity contribution >= 4 is 5.91 Å². The lowest BCUT2D eigenvalue weighted by molar-refractivity contribution is 0.0953. The third kappa shape index (κ3) is 4.61. The first-order valence-corrected chi connectivity index (χ1v) is 8.73. The van der Waals surface area contributed by atoms with Crippen LogP contribution in [0.5, 0.6) is 17.4 Å². The Labute approximate surface area is 158 Å². The number of rotatable bonds is 7. The quantitative estimate of drug-likeness (QED) is 0.684. The number of benzene rings is 2. The Kier molecular flexibility index (Phi) is 5.99. The van der Waals surface area contributed by atoms with Gasteiger partial charge in [-0.3, -0.25) is 4.79 Å². The van der Waals surface area contributed by atoms with Crippen LogP contribution in [0.4, 0.5) is 0 Å². The number of methoxy groups -OCH3 is 1. The van der Waals surface area contributed by atoms with Gasteiger partial charge in [0.1, 0.15) is 6.33 Å². The third-order valence-electron chi connectivity index (χ3n) is 3.88. The molecule has 6 nitrogen and oxygen atoms in total. The van der Waals surface area contributed by atoms with Crippen LogP contribution in [0.15, 0.2) is 60.9 Å². The molecule has 1 aromatic heterocycles. The first-order valence-electron chi connectivity index (χ1n) is 8.73. The molecule has 0 bridgehead atoms. The molecule has 0 unspecified atom stereocenters. The number of aromatic nitrogens is 2. The Morgan fingerprint density at radius 1 is 1.04 bits per heavy atom. The summed E-state index contributed by atoms with van der Waals surface area (Å²) in [5.41, 5.74) is 2.07. The summed E-state index contributed by atoms with van der Waals surface area (Å²) in [6.45, 7) is 2.66. The van der Waals surface area contributed by atoms with E-state index in [9.17, 15) is 4.79 Å². The highest BCUT2D eigenvalue weighted by Crippen LogP contribution is 2.31. The summed E-state index contributed by atoms with van der Waals surface area (Å²) in [6, 6.07) is 16.4. The molecule has 1 N–H and O–H groups in total. The average Bonchev–Trinajstić information content (AvgIpc) is 2.72. The van der Waals surface area contributed by atoms with E-state index in [-0.39, 0.29) is 5.91 Å². The maximum Gasteiger partial charge on any atom is 0.251 e. The lowest BCUT2D eigenvalue weighted by atomic mass is 10.1. The molecule has 0 atom stereocenters. The van der Waals surface area contributed by atoms with E-state index in [0.717, 1.165) is 12.0 Å². The number of carbonyl (C=O) groups is 1. The van der Waals surface area contributed by atoms with Crippen molar-refractivity contribution in [2.45, 2.75) is 13.3 Å². The van der Waals surface area contributed by atoms with Gasteiger partial charge in [-0.05, 0) is 30.7 Å². The monoisotopic (exact) mass is 363 g/mol. The number of hydrogen-bond donors (Lipinski definition) is 1. The van der Waals surface area contributed by atoms with Crippen LogP contribution in [-0.2, 0) is 0 Å². The predicted octanol–water partition coefficient (Wildman–Crippen LogP) is 4.08. The third-order valence-corrected chi connectivity index (χ3v) is 3.88. The van der Waals surface area contributed by atoms with Gasteiger partial charge in [0.2, 0.25) is 5.88 Å². The highest BCUT2D eigenvalue weighted by molar-refractivity contribution is 5.95. The van der Waals surface area contributed by atoms with Crippen molar-refractivity contribution in [2.24, 2.45) is 0 Å². The van der Waals surface area contributed by atoms with Crippen LogP contribution in [0, 0.1) is 0 Å². The van der Waals surface area contributed by atoms with Crippen LogP contribution in [0.2, 0.25) is 0 Å². The summed E-state index contributed by atoms with van der Waals surface area (Å²) in [5.74, 6) is 1.48. The highest BCUT2D eigenvalue weighted by Gasteiger charge is 2.10. The molecule has 0 radical (unpaired) electrons. The second-order valence-corrected chi connectivity index (χ2v) is 5.83. The molecular weight excluding hydrogens is 342 g/mol. The van der Waals surface area contributed by atoms with Crippen molar-refractivity contribution < 1.29 is 14.3 Å². The van der Waals surface area contributed by atoms with E-state index in [1.807, 2.05) is 37.3 Å². The predicted molar refractivity (Wildman–Crippen MR) is 103 cm³/mol. The van der Waals surface area contributed by atoms with Gasteiger partial charge in [0, 0.05) is 23.7 Å². The SMILES string of the molecule is CCCNC(=O)c1cccc(-c2cc(Oc3ccccc3OC)ncn2)c1. The zero-order valence-electron chi connectivity index (χ0n) is 15.3. The van der Waals surface area contributed by atoms with Gasteiger partial charge in [0.15, 0.2) is 11.5 Å². The summed E-state index contributed by atoms with van der Waals surface area (Å²) >= 11 is 0. The lowest BCUT2D eigenvalue weighted by Gasteiger charge is -2.10. The van der Waals surface area contributed by atoms with Gasteiger partial charge in [0.05, 0.1) is 12.8 Å². The molecule has 1 heterocycles. The number of nitrogens with zero attached hydrogens (tertiary/aromatic N) is 2. The van der Waals surface area contributed by atoms with E-state index in [1.54, 1.807) is 31.4 Å². The van der Waals surface area contributed by atoms with E-state index in [0.29, 0.717) is 35.2 Å². The van der Waals surface area contributed by atoms with E-state index >= 15 is 0 Å². The largest absolute Gasteiger partial charge is 0.493 e. The van der Waals surface area contributed by atoms with Crippen LogP contribution in [0.1, 0.15) is 23.7 Å². The van der Waals surface area contributed by atoms with Crippen molar-refractivity contribution in [2.75, 3.05) is 13.7 Å². The average molecular weight is 363 g/mol. The molecule has 6 heteroatoms. The lowest BCUT2D eigenvalue weighted by Crippen LogP contribution is -2.23. The van der Waals surface area contributed by atoms with Gasteiger partial charge in [-0.15, -0.1) is 0 Å². The maximum atomic E-state index is 12.2. The first-order chi connectivity index (χ1) is 13.2. The Morgan fingerprint density at radius 2 is 1.85 bits per heavy atom. The Morgan fingerprint density at radius 3 is 2.63 bits per heavy atom. The van der Waals surface area contributed by atoms with E-state index in [1.165, 1.54) is 6.33 Å². The number of carbonyl (C=O) groups excluding carboxylic acids is 1. The molecule has 2 aromatic carbocycles. The second-order valence-electron chi connectivity index (χ2n) is 5.83.